The molecule has 3 aromatic rings. The summed E-state index contributed by atoms with van der Waals surface area (Å²) in [6.07, 6.45) is 1.52. The van der Waals surface area contributed by atoms with Crippen LogP contribution in [0, 0.1) is 0 Å². The third kappa shape index (κ3) is 6.79. The minimum atomic E-state index is 0.169. The van der Waals surface area contributed by atoms with Crippen LogP contribution in [-0.2, 0) is 0 Å². The van der Waals surface area contributed by atoms with Crippen LogP contribution in [0.2, 0.25) is 0 Å². The van der Waals surface area contributed by atoms with E-state index in [4.69, 9.17) is 4.74 Å². The summed E-state index contributed by atoms with van der Waals surface area (Å²) in [5.41, 5.74) is 5.89. The zero-order valence-electron chi connectivity index (χ0n) is 18.2. The predicted molar refractivity (Wildman–Crippen MR) is 133 cm³/mol. The average Bonchev–Trinajstić information content (AvgIpc) is 2.79. The molecule has 0 aromatic heterocycles. The Balaban J connectivity index is 2.05. The quantitative estimate of drug-likeness (QED) is 0.355. The van der Waals surface area contributed by atoms with Crippen LogP contribution in [0.3, 0.4) is 0 Å². The van der Waals surface area contributed by atoms with Gasteiger partial charge in [0.15, 0.2) is 0 Å². The third-order valence-corrected chi connectivity index (χ3v) is 5.62. The van der Waals surface area contributed by atoms with E-state index in [0.29, 0.717) is 6.61 Å². The first-order valence-corrected chi connectivity index (χ1v) is 11.4. The second kappa shape index (κ2) is 11.8. The summed E-state index contributed by atoms with van der Waals surface area (Å²) in [5, 5.41) is 9.53. The molecule has 0 amide bonds. The van der Waals surface area contributed by atoms with Gasteiger partial charge in [-0.05, 0) is 79.0 Å². The van der Waals surface area contributed by atoms with Crippen molar-refractivity contribution in [3.8, 4) is 5.75 Å². The molecule has 4 heteroatoms. The molecule has 31 heavy (non-hydrogen) atoms. The first-order chi connectivity index (χ1) is 15.1. The van der Waals surface area contributed by atoms with Gasteiger partial charge >= 0.3 is 0 Å². The predicted octanol–water partition coefficient (Wildman–Crippen LogP) is 6.12. The van der Waals surface area contributed by atoms with E-state index in [0.717, 1.165) is 40.7 Å². The number of hydrogen-bond acceptors (Lipinski definition) is 3. The standard InChI is InChI=1S/C27H30BrNO2/c1-29(2)18-20-31-25-16-12-23(13-17-25)27(22-10-14-24(28)15-11-22)26(9-6-19-30)21-7-4-3-5-8-21/h3-5,7-8,10-17,30H,6,9,18-20H2,1-2H3. The molecule has 0 aliphatic heterocycles. The van der Waals surface area contributed by atoms with Crippen LogP contribution in [0.5, 0.6) is 5.75 Å². The molecule has 1 N–H and O–H groups in total. The Morgan fingerprint density at radius 3 is 2.03 bits per heavy atom. The fourth-order valence-corrected chi connectivity index (χ4v) is 3.77. The highest BCUT2D eigenvalue weighted by atomic mass is 79.9. The summed E-state index contributed by atoms with van der Waals surface area (Å²) in [6.45, 7) is 1.71. The summed E-state index contributed by atoms with van der Waals surface area (Å²) in [7, 11) is 4.08. The van der Waals surface area contributed by atoms with Gasteiger partial charge < -0.3 is 14.7 Å². The maximum absolute atomic E-state index is 9.53. The molecule has 3 aromatic carbocycles. The molecular weight excluding hydrogens is 450 g/mol. The fourth-order valence-electron chi connectivity index (χ4n) is 3.50. The van der Waals surface area contributed by atoms with Crippen molar-refractivity contribution in [2.45, 2.75) is 12.8 Å². The van der Waals surface area contributed by atoms with Crippen molar-refractivity contribution in [2.24, 2.45) is 0 Å². The number of aliphatic hydroxyl groups is 1. The number of allylic oxidation sites excluding steroid dienone is 1. The monoisotopic (exact) mass is 479 g/mol. The van der Waals surface area contributed by atoms with Crippen LogP contribution in [0.25, 0.3) is 11.1 Å². The Morgan fingerprint density at radius 2 is 1.45 bits per heavy atom. The summed E-state index contributed by atoms with van der Waals surface area (Å²) < 4.78 is 6.94. The summed E-state index contributed by atoms with van der Waals surface area (Å²) >= 11 is 3.55. The van der Waals surface area contributed by atoms with Crippen molar-refractivity contribution in [2.75, 3.05) is 33.9 Å². The summed E-state index contributed by atoms with van der Waals surface area (Å²) in [4.78, 5) is 2.11. The van der Waals surface area contributed by atoms with Gasteiger partial charge in [0.1, 0.15) is 12.4 Å². The van der Waals surface area contributed by atoms with Crippen LogP contribution >= 0.6 is 15.9 Å². The molecule has 162 valence electrons. The first-order valence-electron chi connectivity index (χ1n) is 10.6. The van der Waals surface area contributed by atoms with Gasteiger partial charge in [0.25, 0.3) is 0 Å². The lowest BCUT2D eigenvalue weighted by Crippen LogP contribution is -2.19. The Hall–Kier alpha value is -2.40. The topological polar surface area (TPSA) is 32.7 Å². The van der Waals surface area contributed by atoms with Gasteiger partial charge in [-0.3, -0.25) is 0 Å². The molecule has 0 atom stereocenters. The van der Waals surface area contributed by atoms with Gasteiger partial charge in [0, 0.05) is 17.6 Å². The van der Waals surface area contributed by atoms with E-state index in [1.165, 1.54) is 16.7 Å². The number of benzene rings is 3. The van der Waals surface area contributed by atoms with Gasteiger partial charge in [0.05, 0.1) is 0 Å². The highest BCUT2D eigenvalue weighted by Crippen LogP contribution is 2.36. The van der Waals surface area contributed by atoms with Crippen molar-refractivity contribution < 1.29 is 9.84 Å². The lowest BCUT2D eigenvalue weighted by Gasteiger charge is -2.18. The highest BCUT2D eigenvalue weighted by molar-refractivity contribution is 9.10. The van der Waals surface area contributed by atoms with Gasteiger partial charge in [0.2, 0.25) is 0 Å². The van der Waals surface area contributed by atoms with Crippen molar-refractivity contribution >= 4 is 27.1 Å². The minimum absolute atomic E-state index is 0.169. The van der Waals surface area contributed by atoms with E-state index in [1.807, 2.05) is 32.3 Å². The van der Waals surface area contributed by atoms with Crippen molar-refractivity contribution in [1.29, 1.82) is 0 Å². The van der Waals surface area contributed by atoms with E-state index in [1.54, 1.807) is 0 Å². The number of hydrogen-bond donors (Lipinski definition) is 1. The SMILES string of the molecule is CN(C)CCOc1ccc(C(=C(CCCO)c2ccccc2)c2ccc(Br)cc2)cc1. The number of ether oxygens (including phenoxy) is 1. The van der Waals surface area contributed by atoms with Crippen LogP contribution in [0.15, 0.2) is 83.3 Å². The Morgan fingerprint density at radius 1 is 0.839 bits per heavy atom. The lowest BCUT2D eigenvalue weighted by atomic mass is 9.87. The van der Waals surface area contributed by atoms with Crippen molar-refractivity contribution in [3.63, 3.8) is 0 Å². The molecule has 0 radical (unpaired) electrons. The normalized spacial score (nSPS) is 12.0. The van der Waals surface area contributed by atoms with Crippen molar-refractivity contribution in [1.82, 2.24) is 4.90 Å². The van der Waals surface area contributed by atoms with E-state index in [-0.39, 0.29) is 6.61 Å². The zero-order valence-corrected chi connectivity index (χ0v) is 19.8. The molecule has 0 saturated heterocycles. The van der Waals surface area contributed by atoms with E-state index in [9.17, 15) is 5.11 Å². The molecule has 0 spiro atoms. The summed E-state index contributed by atoms with van der Waals surface area (Å²) in [6, 6.07) is 27.2. The molecule has 0 heterocycles. The van der Waals surface area contributed by atoms with Gasteiger partial charge in [-0.2, -0.15) is 0 Å². The van der Waals surface area contributed by atoms with E-state index in [2.05, 4.69) is 81.5 Å². The van der Waals surface area contributed by atoms with Crippen LogP contribution in [-0.4, -0.2) is 43.9 Å². The number of likely N-dealkylation sites (N-methyl/N-ethyl adjacent to an activating group) is 1. The molecule has 0 fully saturated rings. The molecule has 0 aliphatic carbocycles. The second-order valence-corrected chi connectivity index (χ2v) is 8.65. The van der Waals surface area contributed by atoms with Crippen LogP contribution < -0.4 is 4.74 Å². The molecule has 3 rings (SSSR count). The Labute approximate surface area is 194 Å². The van der Waals surface area contributed by atoms with Crippen LogP contribution in [0.4, 0.5) is 0 Å². The molecule has 3 nitrogen and oxygen atoms in total. The average molecular weight is 480 g/mol. The lowest BCUT2D eigenvalue weighted by molar-refractivity contribution is 0.261. The first kappa shape index (κ1) is 23.3. The maximum atomic E-state index is 9.53. The van der Waals surface area contributed by atoms with Crippen molar-refractivity contribution in [3.05, 3.63) is 100 Å². The molecule has 0 saturated carbocycles. The Bertz CT molecular complexity index is 964. The summed E-state index contributed by atoms with van der Waals surface area (Å²) in [5.74, 6) is 0.873. The number of nitrogens with zero attached hydrogens (tertiary/aromatic N) is 1. The molecular formula is C27H30BrNO2. The Kier molecular flexibility index (Phi) is 8.89. The second-order valence-electron chi connectivity index (χ2n) is 7.73. The number of aliphatic hydroxyl groups excluding tert-OH is 1. The third-order valence-electron chi connectivity index (χ3n) is 5.09. The van der Waals surface area contributed by atoms with E-state index >= 15 is 0 Å². The number of rotatable bonds is 10. The molecule has 0 unspecified atom stereocenters. The fraction of sp³-hybridized carbons (Fsp3) is 0.259. The maximum Gasteiger partial charge on any atom is 0.119 e. The van der Waals surface area contributed by atoms with Gasteiger partial charge in [-0.25, -0.2) is 0 Å². The number of halogens is 1. The molecule has 0 bridgehead atoms. The smallest absolute Gasteiger partial charge is 0.119 e. The molecule has 0 aliphatic rings. The van der Waals surface area contributed by atoms with Gasteiger partial charge in [-0.15, -0.1) is 0 Å². The van der Waals surface area contributed by atoms with E-state index < -0.39 is 0 Å². The highest BCUT2D eigenvalue weighted by Gasteiger charge is 2.14. The minimum Gasteiger partial charge on any atom is -0.492 e. The van der Waals surface area contributed by atoms with Crippen LogP contribution in [0.1, 0.15) is 29.5 Å². The zero-order chi connectivity index (χ0) is 22.1. The van der Waals surface area contributed by atoms with Gasteiger partial charge in [-0.1, -0.05) is 70.5 Å². The largest absolute Gasteiger partial charge is 0.492 e.